The third-order valence-electron chi connectivity index (χ3n) is 1.77. The summed E-state index contributed by atoms with van der Waals surface area (Å²) < 4.78 is 19.3. The van der Waals surface area contributed by atoms with E-state index in [9.17, 15) is 4.39 Å². The molecule has 0 fully saturated rings. The Morgan fingerprint density at radius 1 is 1.25 bits per heavy atom. The molecule has 1 aromatic carbocycles. The molecule has 16 heavy (non-hydrogen) atoms. The van der Waals surface area contributed by atoms with Crippen molar-refractivity contribution >= 4 is 21.7 Å². The summed E-state index contributed by atoms with van der Waals surface area (Å²) in [6, 6.07) is 5.89. The van der Waals surface area contributed by atoms with E-state index in [1.165, 1.54) is 24.5 Å². The third-order valence-corrected chi connectivity index (χ3v) is 2.26. The smallest absolute Gasteiger partial charge is 0.224 e. The fourth-order valence-corrected chi connectivity index (χ4v) is 1.41. The van der Waals surface area contributed by atoms with Gasteiger partial charge in [0.25, 0.3) is 0 Å². The van der Waals surface area contributed by atoms with Crippen LogP contribution in [0.25, 0.3) is 0 Å². The number of hydrogen-bond donors (Lipinski definition) is 1. The van der Waals surface area contributed by atoms with Crippen LogP contribution in [0.15, 0.2) is 35.1 Å². The summed E-state index contributed by atoms with van der Waals surface area (Å²) >= 11 is 3.15. The van der Waals surface area contributed by atoms with Gasteiger partial charge in [-0.2, -0.15) is 0 Å². The zero-order valence-corrected chi connectivity index (χ0v) is 9.61. The van der Waals surface area contributed by atoms with Crippen molar-refractivity contribution in [3.63, 3.8) is 0 Å². The number of halogens is 2. The highest BCUT2D eigenvalue weighted by atomic mass is 79.9. The van der Waals surface area contributed by atoms with Gasteiger partial charge in [-0.05, 0) is 18.2 Å². The Balaban J connectivity index is 2.27. The van der Waals surface area contributed by atoms with Crippen LogP contribution in [0.1, 0.15) is 0 Å². The van der Waals surface area contributed by atoms with Crippen LogP contribution in [0.3, 0.4) is 0 Å². The fourth-order valence-electron chi connectivity index (χ4n) is 1.08. The number of anilines is 1. The van der Waals surface area contributed by atoms with Crippen LogP contribution in [0.2, 0.25) is 0 Å². The van der Waals surface area contributed by atoms with Crippen LogP contribution >= 0.6 is 15.9 Å². The number of aromatic nitrogens is 2. The number of hydrogen-bond acceptors (Lipinski definition) is 4. The van der Waals surface area contributed by atoms with Crippen LogP contribution < -0.4 is 10.5 Å². The molecule has 0 bridgehead atoms. The van der Waals surface area contributed by atoms with Crippen LogP contribution in [0.4, 0.5) is 10.2 Å². The van der Waals surface area contributed by atoms with Gasteiger partial charge in [-0.3, -0.25) is 0 Å². The van der Waals surface area contributed by atoms with Gasteiger partial charge < -0.3 is 10.5 Å². The van der Waals surface area contributed by atoms with E-state index in [0.29, 0.717) is 4.47 Å². The lowest BCUT2D eigenvalue weighted by Gasteiger charge is -2.05. The Hall–Kier alpha value is -1.69. The lowest BCUT2D eigenvalue weighted by molar-refractivity contribution is 0.426. The zero-order chi connectivity index (χ0) is 11.5. The maximum absolute atomic E-state index is 13.4. The van der Waals surface area contributed by atoms with Gasteiger partial charge in [0, 0.05) is 10.5 Å². The van der Waals surface area contributed by atoms with E-state index in [2.05, 4.69) is 25.9 Å². The van der Waals surface area contributed by atoms with Crippen molar-refractivity contribution < 1.29 is 9.13 Å². The summed E-state index contributed by atoms with van der Waals surface area (Å²) in [5, 5.41) is 0. The monoisotopic (exact) mass is 283 g/mol. The average Bonchev–Trinajstić information content (AvgIpc) is 2.22. The van der Waals surface area contributed by atoms with Gasteiger partial charge in [0.2, 0.25) is 5.88 Å². The van der Waals surface area contributed by atoms with E-state index in [-0.39, 0.29) is 17.4 Å². The minimum atomic E-state index is -0.480. The van der Waals surface area contributed by atoms with E-state index in [4.69, 9.17) is 10.5 Å². The number of ether oxygens (including phenoxy) is 1. The zero-order valence-electron chi connectivity index (χ0n) is 8.02. The molecule has 1 aromatic heterocycles. The summed E-state index contributed by atoms with van der Waals surface area (Å²) in [5.74, 6) is 0.0732. The SMILES string of the molecule is Nc1cc(Oc2ccc(Br)cc2F)ncn1. The molecule has 0 saturated heterocycles. The van der Waals surface area contributed by atoms with Crippen molar-refractivity contribution in [1.82, 2.24) is 9.97 Å². The summed E-state index contributed by atoms with van der Waals surface area (Å²) in [4.78, 5) is 7.51. The highest BCUT2D eigenvalue weighted by Crippen LogP contribution is 2.25. The first-order valence-corrected chi connectivity index (χ1v) is 5.15. The molecule has 6 heteroatoms. The molecule has 0 aliphatic carbocycles. The van der Waals surface area contributed by atoms with Gasteiger partial charge in [0.1, 0.15) is 12.1 Å². The minimum Gasteiger partial charge on any atom is -0.436 e. The molecule has 0 aliphatic heterocycles. The summed E-state index contributed by atoms with van der Waals surface area (Å²) in [6.07, 6.45) is 1.25. The van der Waals surface area contributed by atoms with Gasteiger partial charge in [0.05, 0.1) is 0 Å². The lowest BCUT2D eigenvalue weighted by Crippen LogP contribution is -1.95. The molecule has 2 N–H and O–H groups in total. The highest BCUT2D eigenvalue weighted by molar-refractivity contribution is 9.10. The topological polar surface area (TPSA) is 61.0 Å². The molecule has 82 valence electrons. The molecule has 0 atom stereocenters. The van der Waals surface area contributed by atoms with E-state index >= 15 is 0 Å². The molecule has 0 saturated carbocycles. The molecular formula is C10H7BrFN3O. The molecule has 2 aromatic rings. The number of nitrogens with two attached hydrogens (primary N) is 1. The second-order valence-electron chi connectivity index (χ2n) is 2.96. The predicted molar refractivity (Wildman–Crippen MR) is 60.6 cm³/mol. The Morgan fingerprint density at radius 3 is 2.75 bits per heavy atom. The maximum Gasteiger partial charge on any atom is 0.224 e. The minimum absolute atomic E-state index is 0.0845. The Morgan fingerprint density at radius 2 is 2.06 bits per heavy atom. The largest absolute Gasteiger partial charge is 0.436 e. The second kappa shape index (κ2) is 4.44. The van der Waals surface area contributed by atoms with Crippen molar-refractivity contribution in [2.24, 2.45) is 0 Å². The van der Waals surface area contributed by atoms with Crippen molar-refractivity contribution in [2.75, 3.05) is 5.73 Å². The van der Waals surface area contributed by atoms with E-state index in [1.807, 2.05) is 0 Å². The second-order valence-corrected chi connectivity index (χ2v) is 3.87. The van der Waals surface area contributed by atoms with Crippen LogP contribution in [0, 0.1) is 5.82 Å². The molecule has 0 unspecified atom stereocenters. The molecule has 0 spiro atoms. The Kier molecular flexibility index (Phi) is 3.00. The number of benzene rings is 1. The van der Waals surface area contributed by atoms with Gasteiger partial charge in [0.15, 0.2) is 11.6 Å². The van der Waals surface area contributed by atoms with Gasteiger partial charge in [-0.15, -0.1) is 0 Å². The van der Waals surface area contributed by atoms with E-state index in [0.717, 1.165) is 0 Å². The highest BCUT2D eigenvalue weighted by Gasteiger charge is 2.06. The van der Waals surface area contributed by atoms with Gasteiger partial charge >= 0.3 is 0 Å². The normalized spacial score (nSPS) is 10.1. The first-order valence-electron chi connectivity index (χ1n) is 4.35. The van der Waals surface area contributed by atoms with Crippen molar-refractivity contribution in [3.05, 3.63) is 40.9 Å². The molecule has 2 rings (SSSR count). The Labute approximate surface area is 99.4 Å². The average molecular weight is 284 g/mol. The van der Waals surface area contributed by atoms with E-state index in [1.54, 1.807) is 6.07 Å². The van der Waals surface area contributed by atoms with Crippen molar-refractivity contribution in [3.8, 4) is 11.6 Å². The maximum atomic E-state index is 13.4. The Bertz CT molecular complexity index is 521. The molecule has 0 aliphatic rings. The van der Waals surface area contributed by atoms with Gasteiger partial charge in [-0.1, -0.05) is 15.9 Å². The van der Waals surface area contributed by atoms with Crippen LogP contribution in [0.5, 0.6) is 11.6 Å². The van der Waals surface area contributed by atoms with E-state index < -0.39 is 5.82 Å². The summed E-state index contributed by atoms with van der Waals surface area (Å²) in [7, 11) is 0. The first kappa shape index (κ1) is 10.8. The molecular weight excluding hydrogens is 277 g/mol. The fraction of sp³-hybridized carbons (Fsp3) is 0. The van der Waals surface area contributed by atoms with Crippen molar-refractivity contribution in [1.29, 1.82) is 0 Å². The first-order chi connectivity index (χ1) is 7.65. The summed E-state index contributed by atoms with van der Waals surface area (Å²) in [5.41, 5.74) is 5.44. The molecule has 0 radical (unpaired) electrons. The van der Waals surface area contributed by atoms with Crippen LogP contribution in [-0.2, 0) is 0 Å². The van der Waals surface area contributed by atoms with Gasteiger partial charge in [-0.25, -0.2) is 14.4 Å². The van der Waals surface area contributed by atoms with Crippen LogP contribution in [-0.4, -0.2) is 9.97 Å². The summed E-state index contributed by atoms with van der Waals surface area (Å²) in [6.45, 7) is 0. The third kappa shape index (κ3) is 2.46. The number of rotatable bonds is 2. The predicted octanol–water partition coefficient (Wildman–Crippen LogP) is 2.75. The molecule has 4 nitrogen and oxygen atoms in total. The molecule has 1 heterocycles. The number of nitrogen functional groups attached to an aromatic ring is 1. The lowest BCUT2D eigenvalue weighted by atomic mass is 10.3. The molecule has 0 amide bonds. The quantitative estimate of drug-likeness (QED) is 0.921. The standard InChI is InChI=1S/C10H7BrFN3O/c11-6-1-2-8(7(12)3-6)16-10-4-9(13)14-5-15-10/h1-5H,(H2,13,14,15). The number of nitrogens with zero attached hydrogens (tertiary/aromatic N) is 2. The van der Waals surface area contributed by atoms with Crippen molar-refractivity contribution in [2.45, 2.75) is 0 Å².